The molecule has 2 rings (SSSR count). The predicted octanol–water partition coefficient (Wildman–Crippen LogP) is 1.31. The number of H-pyrrole nitrogens is 1. The van der Waals surface area contributed by atoms with Crippen LogP contribution in [0.3, 0.4) is 0 Å². The molecule has 0 bridgehead atoms. The van der Waals surface area contributed by atoms with Crippen molar-refractivity contribution < 1.29 is 17.9 Å². The molecule has 0 amide bonds. The zero-order valence-corrected chi connectivity index (χ0v) is 11.7. The van der Waals surface area contributed by atoms with Gasteiger partial charge in [-0.05, 0) is 19.1 Å². The number of carbonyl (C=O) groups excluding carboxylic acids is 1. The minimum atomic E-state index is -3.80. The highest BCUT2D eigenvalue weighted by molar-refractivity contribution is 7.92. The SMILES string of the molecule is COC(=O)c1cc(C)ccc1NS(=O)(=O)c1cn[nH]c1. The van der Waals surface area contributed by atoms with E-state index in [0.29, 0.717) is 0 Å². The van der Waals surface area contributed by atoms with Gasteiger partial charge in [-0.2, -0.15) is 5.10 Å². The Hall–Kier alpha value is -2.35. The number of esters is 1. The number of hydrogen-bond donors (Lipinski definition) is 2. The molecule has 1 aromatic heterocycles. The fraction of sp³-hybridized carbons (Fsp3) is 0.167. The van der Waals surface area contributed by atoms with Crippen LogP contribution in [0, 0.1) is 6.92 Å². The summed E-state index contributed by atoms with van der Waals surface area (Å²) >= 11 is 0. The van der Waals surface area contributed by atoms with Crippen molar-refractivity contribution in [1.82, 2.24) is 10.2 Å². The van der Waals surface area contributed by atoms with Gasteiger partial charge in [0.25, 0.3) is 10.0 Å². The van der Waals surface area contributed by atoms with Gasteiger partial charge in [0, 0.05) is 6.20 Å². The summed E-state index contributed by atoms with van der Waals surface area (Å²) in [5, 5.41) is 6.00. The van der Waals surface area contributed by atoms with Gasteiger partial charge in [-0.25, -0.2) is 13.2 Å². The number of anilines is 1. The van der Waals surface area contributed by atoms with Gasteiger partial charge in [-0.3, -0.25) is 9.82 Å². The quantitative estimate of drug-likeness (QED) is 0.828. The van der Waals surface area contributed by atoms with Crippen molar-refractivity contribution in [2.75, 3.05) is 11.8 Å². The first-order valence-electron chi connectivity index (χ1n) is 5.64. The lowest BCUT2D eigenvalue weighted by Crippen LogP contribution is -2.15. The van der Waals surface area contributed by atoms with E-state index in [9.17, 15) is 13.2 Å². The Morgan fingerprint density at radius 3 is 2.75 bits per heavy atom. The second kappa shape index (κ2) is 5.33. The monoisotopic (exact) mass is 295 g/mol. The van der Waals surface area contributed by atoms with Crippen LogP contribution in [0.15, 0.2) is 35.5 Å². The van der Waals surface area contributed by atoms with Gasteiger partial charge in [-0.15, -0.1) is 0 Å². The lowest BCUT2D eigenvalue weighted by atomic mass is 10.1. The van der Waals surface area contributed by atoms with Crippen LogP contribution >= 0.6 is 0 Å². The molecule has 0 aliphatic carbocycles. The van der Waals surface area contributed by atoms with E-state index < -0.39 is 16.0 Å². The Morgan fingerprint density at radius 2 is 2.15 bits per heavy atom. The van der Waals surface area contributed by atoms with Gasteiger partial charge < -0.3 is 4.74 Å². The maximum absolute atomic E-state index is 12.1. The Labute approximate surface area is 116 Å². The van der Waals surface area contributed by atoms with Crippen LogP contribution in [0.25, 0.3) is 0 Å². The molecule has 0 radical (unpaired) electrons. The minimum Gasteiger partial charge on any atom is -0.465 e. The number of nitrogens with one attached hydrogen (secondary N) is 2. The maximum Gasteiger partial charge on any atom is 0.340 e. The lowest BCUT2D eigenvalue weighted by Gasteiger charge is -2.11. The second-order valence-corrected chi connectivity index (χ2v) is 5.76. The molecule has 20 heavy (non-hydrogen) atoms. The molecule has 1 heterocycles. The number of hydrogen-bond acceptors (Lipinski definition) is 5. The number of carbonyl (C=O) groups is 1. The summed E-state index contributed by atoms with van der Waals surface area (Å²) in [4.78, 5) is 11.7. The van der Waals surface area contributed by atoms with Crippen molar-refractivity contribution in [2.45, 2.75) is 11.8 Å². The van der Waals surface area contributed by atoms with Gasteiger partial charge in [0.15, 0.2) is 0 Å². The van der Waals surface area contributed by atoms with Crippen LogP contribution in [0.4, 0.5) is 5.69 Å². The molecule has 0 aliphatic rings. The van der Waals surface area contributed by atoms with Crippen molar-refractivity contribution in [3.05, 3.63) is 41.7 Å². The molecule has 2 N–H and O–H groups in total. The minimum absolute atomic E-state index is 0.0195. The van der Waals surface area contributed by atoms with E-state index in [0.717, 1.165) is 5.56 Å². The fourth-order valence-corrected chi connectivity index (χ4v) is 2.60. The summed E-state index contributed by atoms with van der Waals surface area (Å²) in [7, 11) is -2.56. The highest BCUT2D eigenvalue weighted by Gasteiger charge is 2.20. The summed E-state index contributed by atoms with van der Waals surface area (Å²) in [6.07, 6.45) is 2.42. The Balaban J connectivity index is 2.42. The number of aromatic nitrogens is 2. The zero-order valence-electron chi connectivity index (χ0n) is 10.9. The molecule has 0 saturated carbocycles. The van der Waals surface area contributed by atoms with Crippen molar-refractivity contribution in [3.8, 4) is 0 Å². The van der Waals surface area contributed by atoms with Crippen LogP contribution in [-0.2, 0) is 14.8 Å². The molecule has 106 valence electrons. The predicted molar refractivity (Wildman–Crippen MR) is 71.9 cm³/mol. The van der Waals surface area contributed by atoms with Crippen molar-refractivity contribution in [2.24, 2.45) is 0 Å². The number of nitrogens with zero attached hydrogens (tertiary/aromatic N) is 1. The van der Waals surface area contributed by atoms with Crippen LogP contribution in [0.1, 0.15) is 15.9 Å². The second-order valence-electron chi connectivity index (χ2n) is 4.08. The first kappa shape index (κ1) is 14.1. The topological polar surface area (TPSA) is 101 Å². The van der Waals surface area contributed by atoms with Crippen LogP contribution in [0.5, 0.6) is 0 Å². The molecule has 2 aromatic rings. The molecule has 0 aliphatic heterocycles. The number of benzene rings is 1. The molecule has 1 aromatic carbocycles. The van der Waals surface area contributed by atoms with Gasteiger partial charge in [-0.1, -0.05) is 11.6 Å². The van der Waals surface area contributed by atoms with E-state index >= 15 is 0 Å². The molecule has 0 saturated heterocycles. The van der Waals surface area contributed by atoms with E-state index in [-0.39, 0.29) is 16.1 Å². The molecule has 8 heteroatoms. The smallest absolute Gasteiger partial charge is 0.340 e. The Morgan fingerprint density at radius 1 is 1.40 bits per heavy atom. The third-order valence-electron chi connectivity index (χ3n) is 2.61. The Bertz CT molecular complexity index is 723. The highest BCUT2D eigenvalue weighted by Crippen LogP contribution is 2.21. The van der Waals surface area contributed by atoms with Gasteiger partial charge >= 0.3 is 5.97 Å². The van der Waals surface area contributed by atoms with E-state index in [4.69, 9.17) is 0 Å². The molecule has 0 atom stereocenters. The first-order valence-corrected chi connectivity index (χ1v) is 7.13. The summed E-state index contributed by atoms with van der Waals surface area (Å²) in [6.45, 7) is 1.79. The van der Waals surface area contributed by atoms with Gasteiger partial charge in [0.1, 0.15) is 4.90 Å². The number of sulfonamides is 1. The Kier molecular flexibility index (Phi) is 3.75. The molecule has 0 spiro atoms. The van der Waals surface area contributed by atoms with Gasteiger partial charge in [0.2, 0.25) is 0 Å². The third-order valence-corrected chi connectivity index (χ3v) is 3.94. The average molecular weight is 295 g/mol. The fourth-order valence-electron chi connectivity index (χ4n) is 1.62. The summed E-state index contributed by atoms with van der Waals surface area (Å²) in [5.74, 6) is -0.612. The van der Waals surface area contributed by atoms with E-state index in [1.54, 1.807) is 19.1 Å². The van der Waals surface area contributed by atoms with Gasteiger partial charge in [0.05, 0.1) is 24.6 Å². The lowest BCUT2D eigenvalue weighted by molar-refractivity contribution is 0.0602. The van der Waals surface area contributed by atoms with Crippen LogP contribution in [0.2, 0.25) is 0 Å². The zero-order chi connectivity index (χ0) is 14.8. The largest absolute Gasteiger partial charge is 0.465 e. The van der Waals surface area contributed by atoms with Crippen LogP contribution < -0.4 is 4.72 Å². The number of aryl methyl sites for hydroxylation is 1. The summed E-state index contributed by atoms with van der Waals surface area (Å²) in [5.41, 5.74) is 1.12. The molecule has 0 unspecified atom stereocenters. The number of methoxy groups -OCH3 is 1. The van der Waals surface area contributed by atoms with Crippen molar-refractivity contribution in [3.63, 3.8) is 0 Å². The summed E-state index contributed by atoms with van der Waals surface area (Å²) in [6, 6.07) is 4.76. The normalized spacial score (nSPS) is 11.1. The number of ether oxygens (including phenoxy) is 1. The van der Waals surface area contributed by atoms with Crippen molar-refractivity contribution >= 4 is 21.7 Å². The van der Waals surface area contributed by atoms with E-state index in [2.05, 4.69) is 19.7 Å². The third kappa shape index (κ3) is 2.80. The first-order chi connectivity index (χ1) is 9.44. The number of rotatable bonds is 4. The molecular formula is C12H13N3O4S. The summed E-state index contributed by atoms with van der Waals surface area (Å²) < 4.78 is 31.2. The standard InChI is InChI=1S/C12H13N3O4S/c1-8-3-4-11(10(5-8)12(16)19-2)15-20(17,18)9-6-13-14-7-9/h3-7,15H,1-2H3,(H,13,14). The number of aromatic amines is 1. The van der Waals surface area contributed by atoms with Crippen LogP contribution in [-0.4, -0.2) is 31.7 Å². The average Bonchev–Trinajstić information content (AvgIpc) is 2.94. The van der Waals surface area contributed by atoms with E-state index in [1.807, 2.05) is 0 Å². The maximum atomic E-state index is 12.1. The molecule has 0 fully saturated rings. The molecule has 7 nitrogen and oxygen atoms in total. The van der Waals surface area contributed by atoms with Crippen molar-refractivity contribution in [1.29, 1.82) is 0 Å². The van der Waals surface area contributed by atoms with E-state index in [1.165, 1.54) is 25.6 Å². The molecular weight excluding hydrogens is 282 g/mol. The highest BCUT2D eigenvalue weighted by atomic mass is 32.2.